The van der Waals surface area contributed by atoms with Crippen molar-refractivity contribution >= 4 is 0 Å². The smallest absolute Gasteiger partial charge is 0.165 e. The van der Waals surface area contributed by atoms with Crippen molar-refractivity contribution in [2.24, 2.45) is 0 Å². The summed E-state index contributed by atoms with van der Waals surface area (Å²) in [6.45, 7) is 3.58. The predicted molar refractivity (Wildman–Crippen MR) is 38.6 cm³/mol. The van der Waals surface area contributed by atoms with Crippen LogP contribution in [-0.2, 0) is 6.54 Å². The predicted octanol–water partition coefficient (Wildman–Crippen LogP) is 0.686. The zero-order valence-corrected chi connectivity index (χ0v) is 6.34. The second-order valence-electron chi connectivity index (χ2n) is 2.78. The molecule has 0 saturated carbocycles. The molecule has 0 bridgehead atoms. The van der Waals surface area contributed by atoms with E-state index in [0.29, 0.717) is 5.69 Å². The van der Waals surface area contributed by atoms with E-state index in [9.17, 15) is 4.39 Å². The number of nitrogens with one attached hydrogen (secondary N) is 1. The van der Waals surface area contributed by atoms with Gasteiger partial charge in [0.05, 0.1) is 18.4 Å². The number of hydrogen-bond donors (Lipinski definition) is 1. The Labute approximate surface area is 64.2 Å². The van der Waals surface area contributed by atoms with Gasteiger partial charge in [-0.25, -0.2) is 4.39 Å². The van der Waals surface area contributed by atoms with Gasteiger partial charge in [0.2, 0.25) is 0 Å². The number of nitrogens with zero attached hydrogens (tertiary/aromatic N) is 2. The number of fused-ring (bicyclic) bond motifs is 1. The van der Waals surface area contributed by atoms with Crippen LogP contribution in [0.25, 0.3) is 0 Å². The molecule has 1 atom stereocenters. The monoisotopic (exact) mass is 155 g/mol. The van der Waals surface area contributed by atoms with Gasteiger partial charge in [-0.15, -0.1) is 0 Å². The van der Waals surface area contributed by atoms with Gasteiger partial charge in [-0.3, -0.25) is 4.68 Å². The molecule has 1 unspecified atom stereocenters. The van der Waals surface area contributed by atoms with E-state index in [1.165, 1.54) is 6.20 Å². The standard InChI is InChI=1S/C7H10FN3/c1-5-7-6(8)4-10-11(7)3-2-9-5/h4-5,9H,2-3H2,1H3. The lowest BCUT2D eigenvalue weighted by Crippen LogP contribution is -2.32. The van der Waals surface area contributed by atoms with Crippen molar-refractivity contribution in [1.82, 2.24) is 15.1 Å². The first kappa shape index (κ1) is 6.79. The summed E-state index contributed by atoms with van der Waals surface area (Å²) in [4.78, 5) is 0. The fourth-order valence-electron chi connectivity index (χ4n) is 1.46. The Morgan fingerprint density at radius 1 is 1.82 bits per heavy atom. The lowest BCUT2D eigenvalue weighted by molar-refractivity contribution is 0.404. The molecular formula is C7H10FN3. The SMILES string of the molecule is CC1NCCn2ncc(F)c21. The molecule has 2 rings (SSSR count). The van der Waals surface area contributed by atoms with Crippen LogP contribution in [0.2, 0.25) is 0 Å². The van der Waals surface area contributed by atoms with Gasteiger partial charge in [-0.1, -0.05) is 0 Å². The van der Waals surface area contributed by atoms with Crippen molar-refractivity contribution < 1.29 is 4.39 Å². The van der Waals surface area contributed by atoms with Crippen LogP contribution in [0.3, 0.4) is 0 Å². The molecule has 11 heavy (non-hydrogen) atoms. The molecule has 0 radical (unpaired) electrons. The highest BCUT2D eigenvalue weighted by Gasteiger charge is 2.20. The average Bonchev–Trinajstić information content (AvgIpc) is 2.34. The zero-order chi connectivity index (χ0) is 7.84. The maximum absolute atomic E-state index is 13.0. The topological polar surface area (TPSA) is 29.9 Å². The highest BCUT2D eigenvalue weighted by molar-refractivity contribution is 5.10. The van der Waals surface area contributed by atoms with Gasteiger partial charge < -0.3 is 5.32 Å². The van der Waals surface area contributed by atoms with Crippen LogP contribution in [0.1, 0.15) is 18.7 Å². The van der Waals surface area contributed by atoms with Crippen LogP contribution in [0.15, 0.2) is 6.20 Å². The van der Waals surface area contributed by atoms with Gasteiger partial charge in [0, 0.05) is 12.6 Å². The summed E-state index contributed by atoms with van der Waals surface area (Å²) in [5.74, 6) is -0.204. The Balaban J connectivity index is 2.48. The quantitative estimate of drug-likeness (QED) is 0.597. The molecule has 60 valence electrons. The first-order valence-electron chi connectivity index (χ1n) is 3.73. The largest absolute Gasteiger partial charge is 0.307 e. The first-order chi connectivity index (χ1) is 5.29. The summed E-state index contributed by atoms with van der Waals surface area (Å²) >= 11 is 0. The normalized spacial score (nSPS) is 23.3. The highest BCUT2D eigenvalue weighted by atomic mass is 19.1. The van der Waals surface area contributed by atoms with Gasteiger partial charge >= 0.3 is 0 Å². The van der Waals surface area contributed by atoms with Crippen LogP contribution < -0.4 is 5.32 Å². The fraction of sp³-hybridized carbons (Fsp3) is 0.571. The van der Waals surface area contributed by atoms with Crippen molar-refractivity contribution in [2.75, 3.05) is 6.54 Å². The fourth-order valence-corrected chi connectivity index (χ4v) is 1.46. The minimum Gasteiger partial charge on any atom is -0.307 e. The minimum atomic E-state index is -0.204. The second kappa shape index (κ2) is 2.30. The molecule has 4 heteroatoms. The van der Waals surface area contributed by atoms with Crippen molar-refractivity contribution in [2.45, 2.75) is 19.5 Å². The third-order valence-corrected chi connectivity index (χ3v) is 2.02. The molecule has 1 aliphatic rings. The average molecular weight is 155 g/mol. The Kier molecular flexibility index (Phi) is 1.42. The summed E-state index contributed by atoms with van der Waals surface area (Å²) in [6.07, 6.45) is 1.28. The van der Waals surface area contributed by atoms with Gasteiger partial charge in [-0.2, -0.15) is 5.10 Å². The van der Waals surface area contributed by atoms with Gasteiger partial charge in [0.25, 0.3) is 0 Å². The van der Waals surface area contributed by atoms with Crippen LogP contribution in [0, 0.1) is 5.82 Å². The first-order valence-corrected chi connectivity index (χ1v) is 3.73. The van der Waals surface area contributed by atoms with E-state index in [0.717, 1.165) is 13.1 Å². The van der Waals surface area contributed by atoms with E-state index in [1.54, 1.807) is 4.68 Å². The Hall–Kier alpha value is -0.900. The summed E-state index contributed by atoms with van der Waals surface area (Å²) in [5.41, 5.74) is 0.677. The second-order valence-corrected chi connectivity index (χ2v) is 2.78. The molecule has 0 aromatic carbocycles. The van der Waals surface area contributed by atoms with Crippen LogP contribution in [0.4, 0.5) is 4.39 Å². The Morgan fingerprint density at radius 2 is 2.64 bits per heavy atom. The van der Waals surface area contributed by atoms with Crippen LogP contribution >= 0.6 is 0 Å². The van der Waals surface area contributed by atoms with Crippen molar-refractivity contribution in [1.29, 1.82) is 0 Å². The Bertz CT molecular complexity index is 269. The van der Waals surface area contributed by atoms with E-state index in [1.807, 2.05) is 6.92 Å². The van der Waals surface area contributed by atoms with E-state index in [-0.39, 0.29) is 11.9 Å². The van der Waals surface area contributed by atoms with Gasteiger partial charge in [-0.05, 0) is 6.92 Å². The maximum Gasteiger partial charge on any atom is 0.165 e. The van der Waals surface area contributed by atoms with E-state index in [4.69, 9.17) is 0 Å². The van der Waals surface area contributed by atoms with E-state index in [2.05, 4.69) is 10.4 Å². The molecule has 0 amide bonds. The van der Waals surface area contributed by atoms with Crippen LogP contribution in [0.5, 0.6) is 0 Å². The number of rotatable bonds is 0. The lowest BCUT2D eigenvalue weighted by Gasteiger charge is -2.21. The molecule has 1 aromatic rings. The molecule has 1 aromatic heterocycles. The van der Waals surface area contributed by atoms with Crippen molar-refractivity contribution in [3.8, 4) is 0 Å². The number of hydrogen-bond acceptors (Lipinski definition) is 2. The molecule has 0 aliphatic carbocycles. The van der Waals surface area contributed by atoms with E-state index >= 15 is 0 Å². The summed E-state index contributed by atoms with van der Waals surface area (Å²) in [7, 11) is 0. The summed E-state index contributed by atoms with van der Waals surface area (Å²) in [6, 6.07) is 0.0891. The lowest BCUT2D eigenvalue weighted by atomic mass is 10.2. The zero-order valence-electron chi connectivity index (χ0n) is 6.34. The number of halogens is 1. The minimum absolute atomic E-state index is 0.0891. The molecule has 3 nitrogen and oxygen atoms in total. The molecule has 1 aliphatic heterocycles. The Morgan fingerprint density at radius 3 is 3.36 bits per heavy atom. The molecule has 0 saturated heterocycles. The summed E-state index contributed by atoms with van der Waals surface area (Å²) < 4.78 is 14.7. The number of aromatic nitrogens is 2. The van der Waals surface area contributed by atoms with E-state index < -0.39 is 0 Å². The summed E-state index contributed by atoms with van der Waals surface area (Å²) in [5, 5.41) is 7.07. The third kappa shape index (κ3) is 0.939. The van der Waals surface area contributed by atoms with Crippen LogP contribution in [-0.4, -0.2) is 16.3 Å². The van der Waals surface area contributed by atoms with Gasteiger partial charge in [0.15, 0.2) is 5.82 Å². The molecule has 0 spiro atoms. The molecule has 1 N–H and O–H groups in total. The third-order valence-electron chi connectivity index (χ3n) is 2.02. The molecular weight excluding hydrogens is 145 g/mol. The van der Waals surface area contributed by atoms with Gasteiger partial charge in [0.1, 0.15) is 0 Å². The maximum atomic E-state index is 13.0. The highest BCUT2D eigenvalue weighted by Crippen LogP contribution is 2.18. The molecule has 0 fully saturated rings. The van der Waals surface area contributed by atoms with Crippen molar-refractivity contribution in [3.05, 3.63) is 17.7 Å². The van der Waals surface area contributed by atoms with Crippen molar-refractivity contribution in [3.63, 3.8) is 0 Å². The molecule has 2 heterocycles.